The van der Waals surface area contributed by atoms with Gasteiger partial charge in [0.25, 0.3) is 11.8 Å². The van der Waals surface area contributed by atoms with Gasteiger partial charge in [0.2, 0.25) is 17.7 Å². The Morgan fingerprint density at radius 2 is 1.71 bits per heavy atom. The van der Waals surface area contributed by atoms with Gasteiger partial charge < -0.3 is 9.80 Å². The molecule has 2 atom stereocenters. The summed E-state index contributed by atoms with van der Waals surface area (Å²) >= 11 is 6.15. The largest absolute Gasteiger partial charge is 0.336 e. The predicted molar refractivity (Wildman–Crippen MR) is 190 cm³/mol. The maximum absolute atomic E-state index is 15.7. The summed E-state index contributed by atoms with van der Waals surface area (Å²) in [6, 6.07) is 11.7. The molecular formula is C39H46ClF2N5O4. The summed E-state index contributed by atoms with van der Waals surface area (Å²) < 4.78 is 31.5. The molecule has 5 aliphatic rings. The van der Waals surface area contributed by atoms with E-state index in [4.69, 9.17) is 11.6 Å². The first-order chi connectivity index (χ1) is 24.3. The number of amides is 4. The highest BCUT2D eigenvalue weighted by Gasteiger charge is 2.48. The number of allylic oxidation sites excluding steroid dienone is 1. The molecular weight excluding hydrogens is 676 g/mol. The van der Waals surface area contributed by atoms with Crippen LogP contribution < -0.4 is 5.32 Å². The minimum absolute atomic E-state index is 0.0243. The van der Waals surface area contributed by atoms with Gasteiger partial charge in [0, 0.05) is 68.4 Å². The number of carbonyl (C=O) groups excluding carboxylic acids is 4. The number of alkyl halides is 2. The number of piperidine rings is 2. The maximum Gasteiger partial charge on any atom is 0.275 e. The lowest BCUT2D eigenvalue weighted by Crippen LogP contribution is -2.62. The molecule has 0 saturated carbocycles. The van der Waals surface area contributed by atoms with E-state index in [0.717, 1.165) is 40.7 Å². The van der Waals surface area contributed by atoms with E-state index in [1.54, 1.807) is 6.07 Å². The van der Waals surface area contributed by atoms with Crippen LogP contribution in [0, 0.1) is 5.41 Å². The zero-order valence-electron chi connectivity index (χ0n) is 29.4. The number of hydrogen-bond acceptors (Lipinski definition) is 6. The molecule has 1 N–H and O–H groups in total. The van der Waals surface area contributed by atoms with Crippen molar-refractivity contribution in [2.75, 3.05) is 45.8 Å². The normalized spacial score (nSPS) is 25.6. The number of carbonyl (C=O) groups is 4. The smallest absolute Gasteiger partial charge is 0.275 e. The van der Waals surface area contributed by atoms with Crippen LogP contribution in [0.3, 0.4) is 0 Å². The Labute approximate surface area is 302 Å². The Morgan fingerprint density at radius 3 is 2.41 bits per heavy atom. The fourth-order valence-corrected chi connectivity index (χ4v) is 8.71. The van der Waals surface area contributed by atoms with Gasteiger partial charge in [-0.3, -0.25) is 34.3 Å². The number of rotatable bonds is 7. The number of halogens is 3. The van der Waals surface area contributed by atoms with Crippen molar-refractivity contribution in [3.05, 3.63) is 75.3 Å². The molecule has 4 aliphatic heterocycles. The van der Waals surface area contributed by atoms with Crippen molar-refractivity contribution in [1.82, 2.24) is 24.9 Å². The van der Waals surface area contributed by atoms with Crippen LogP contribution in [-0.4, -0.2) is 107 Å². The molecule has 4 amide bonds. The molecule has 12 heteroatoms. The van der Waals surface area contributed by atoms with E-state index in [2.05, 4.69) is 19.2 Å². The molecule has 4 heterocycles. The van der Waals surface area contributed by atoms with Crippen molar-refractivity contribution < 1.29 is 28.0 Å². The summed E-state index contributed by atoms with van der Waals surface area (Å²) in [5.41, 5.74) is 5.31. The van der Waals surface area contributed by atoms with Crippen LogP contribution >= 0.6 is 11.6 Å². The number of hydrogen-bond donors (Lipinski definition) is 1. The van der Waals surface area contributed by atoms with Crippen molar-refractivity contribution >= 4 is 40.8 Å². The van der Waals surface area contributed by atoms with Crippen LogP contribution in [-0.2, 0) is 27.3 Å². The summed E-state index contributed by atoms with van der Waals surface area (Å²) in [7, 11) is 0. The first kappa shape index (κ1) is 35.7. The summed E-state index contributed by atoms with van der Waals surface area (Å²) in [6.45, 7) is 7.14. The summed E-state index contributed by atoms with van der Waals surface area (Å²) in [4.78, 5) is 57.9. The molecule has 3 fully saturated rings. The molecule has 2 aromatic carbocycles. The lowest BCUT2D eigenvalue weighted by Gasteiger charge is -2.46. The molecule has 0 radical (unpaired) electrons. The minimum Gasteiger partial charge on any atom is -0.336 e. The van der Waals surface area contributed by atoms with Crippen molar-refractivity contribution in [1.29, 1.82) is 0 Å². The summed E-state index contributed by atoms with van der Waals surface area (Å²) in [6.07, 6.45) is 3.83. The Hall–Kier alpha value is -3.67. The molecule has 0 spiro atoms. The number of benzene rings is 2. The first-order valence-corrected chi connectivity index (χ1v) is 18.5. The Morgan fingerprint density at radius 1 is 0.961 bits per heavy atom. The molecule has 7 rings (SSSR count). The molecule has 0 aromatic heterocycles. The molecule has 1 aliphatic carbocycles. The fourth-order valence-electron chi connectivity index (χ4n) is 8.59. The van der Waals surface area contributed by atoms with Gasteiger partial charge in [-0.15, -0.1) is 0 Å². The standard InChI is InChI=1S/C39H46ClF2N5O4/c1-38(2)14-11-30(31(22-38)26-4-6-28(40)7-5-26)36(50)46-19-17-45(18-20-46)33-13-16-44(24-39(33,41)42)15-12-25-3-8-29-27(21-25)23-47(37(29)51)32-9-10-34(48)43-35(32)49/h3-8,21,32-33H,9-20,22-24H2,1-2H3,(H,43,48,49). The number of imide groups is 1. The van der Waals surface area contributed by atoms with Crippen LogP contribution in [0.25, 0.3) is 5.57 Å². The van der Waals surface area contributed by atoms with Gasteiger partial charge in [-0.05, 0) is 84.4 Å². The number of piperazine rings is 1. The van der Waals surface area contributed by atoms with E-state index in [-0.39, 0.29) is 42.6 Å². The van der Waals surface area contributed by atoms with Crippen LogP contribution in [0.1, 0.15) is 79.4 Å². The highest BCUT2D eigenvalue weighted by atomic mass is 35.5. The number of likely N-dealkylation sites (tertiary alicyclic amines) is 1. The highest BCUT2D eigenvalue weighted by Crippen LogP contribution is 2.44. The lowest BCUT2D eigenvalue weighted by atomic mass is 9.72. The molecule has 272 valence electrons. The van der Waals surface area contributed by atoms with E-state index >= 15 is 8.78 Å². The average molecular weight is 722 g/mol. The number of nitrogens with zero attached hydrogens (tertiary/aromatic N) is 4. The van der Waals surface area contributed by atoms with Gasteiger partial charge >= 0.3 is 0 Å². The second kappa shape index (κ2) is 14.0. The molecule has 2 aromatic rings. The topological polar surface area (TPSA) is 93.3 Å². The lowest BCUT2D eigenvalue weighted by molar-refractivity contribution is -0.141. The quantitative estimate of drug-likeness (QED) is 0.398. The molecule has 0 bridgehead atoms. The van der Waals surface area contributed by atoms with Crippen molar-refractivity contribution in [2.45, 2.75) is 83.3 Å². The zero-order valence-corrected chi connectivity index (χ0v) is 30.1. The van der Waals surface area contributed by atoms with Gasteiger partial charge in [0.15, 0.2) is 0 Å². The van der Waals surface area contributed by atoms with E-state index in [9.17, 15) is 19.2 Å². The van der Waals surface area contributed by atoms with Gasteiger partial charge in [-0.1, -0.05) is 49.7 Å². The van der Waals surface area contributed by atoms with Crippen LogP contribution in [0.2, 0.25) is 5.02 Å². The van der Waals surface area contributed by atoms with Gasteiger partial charge in [-0.25, -0.2) is 8.78 Å². The Kier molecular flexibility index (Phi) is 9.84. The van der Waals surface area contributed by atoms with Gasteiger partial charge in [-0.2, -0.15) is 0 Å². The monoisotopic (exact) mass is 721 g/mol. The second-order valence-electron chi connectivity index (χ2n) is 15.6. The van der Waals surface area contributed by atoms with E-state index in [1.165, 1.54) is 4.90 Å². The Bertz CT molecular complexity index is 1750. The first-order valence-electron chi connectivity index (χ1n) is 18.2. The zero-order chi connectivity index (χ0) is 36.1. The number of nitrogens with one attached hydrogen (secondary N) is 1. The van der Waals surface area contributed by atoms with E-state index in [0.29, 0.717) is 75.5 Å². The summed E-state index contributed by atoms with van der Waals surface area (Å²) in [5.74, 6) is -3.87. The maximum atomic E-state index is 15.7. The van der Waals surface area contributed by atoms with Crippen LogP contribution in [0.5, 0.6) is 0 Å². The SMILES string of the molecule is CC1(C)CCC(C(=O)N2CCN(C3CCN(CCc4ccc5c(c4)CN(C4CCC(=O)NC4=O)C5=O)CC3(F)F)CC2)=C(c2ccc(Cl)cc2)C1. The van der Waals surface area contributed by atoms with Crippen molar-refractivity contribution in [3.63, 3.8) is 0 Å². The molecule has 51 heavy (non-hydrogen) atoms. The second-order valence-corrected chi connectivity index (χ2v) is 16.1. The average Bonchev–Trinajstić information content (AvgIpc) is 3.41. The number of fused-ring (bicyclic) bond motifs is 1. The van der Waals surface area contributed by atoms with Crippen LogP contribution in [0.15, 0.2) is 48.0 Å². The third kappa shape index (κ3) is 7.48. The molecule has 2 unspecified atom stereocenters. The van der Waals surface area contributed by atoms with Crippen molar-refractivity contribution in [2.24, 2.45) is 5.41 Å². The van der Waals surface area contributed by atoms with Crippen molar-refractivity contribution in [3.8, 4) is 0 Å². The van der Waals surface area contributed by atoms with E-state index in [1.807, 2.05) is 51.1 Å². The Balaban J connectivity index is 0.925. The molecule has 9 nitrogen and oxygen atoms in total. The fraction of sp³-hybridized carbons (Fsp3) is 0.538. The van der Waals surface area contributed by atoms with E-state index < -0.39 is 23.9 Å². The minimum atomic E-state index is -2.89. The molecule has 3 saturated heterocycles. The van der Waals surface area contributed by atoms with Gasteiger partial charge in [0.05, 0.1) is 12.6 Å². The van der Waals surface area contributed by atoms with Crippen LogP contribution in [0.4, 0.5) is 8.78 Å². The van der Waals surface area contributed by atoms with Gasteiger partial charge in [0.1, 0.15) is 6.04 Å². The third-order valence-electron chi connectivity index (χ3n) is 11.5. The summed E-state index contributed by atoms with van der Waals surface area (Å²) in [5, 5.41) is 2.97. The predicted octanol–water partition coefficient (Wildman–Crippen LogP) is 5.16. The highest BCUT2D eigenvalue weighted by molar-refractivity contribution is 6.30. The third-order valence-corrected chi connectivity index (χ3v) is 11.8.